The van der Waals surface area contributed by atoms with Gasteiger partial charge in [-0.05, 0) is 24.5 Å². The summed E-state index contributed by atoms with van der Waals surface area (Å²) in [5, 5.41) is 2.82. The molecule has 1 fully saturated rings. The molecule has 0 bridgehead atoms. The summed E-state index contributed by atoms with van der Waals surface area (Å²) in [6.45, 7) is 5.43. The first-order valence-corrected chi connectivity index (χ1v) is 10.7. The molecule has 1 aromatic rings. The quantitative estimate of drug-likeness (QED) is 0.842. The largest absolute Gasteiger partial charge is 0.337 e. The first kappa shape index (κ1) is 20.4. The molecule has 26 heavy (non-hydrogen) atoms. The van der Waals surface area contributed by atoms with Gasteiger partial charge in [-0.15, -0.1) is 0 Å². The molecular formula is C18H27N3O4S. The van der Waals surface area contributed by atoms with Crippen LogP contribution < -0.4 is 5.32 Å². The topological polar surface area (TPSA) is 86.8 Å². The van der Waals surface area contributed by atoms with Gasteiger partial charge in [-0.3, -0.25) is 9.59 Å². The molecule has 8 heteroatoms. The van der Waals surface area contributed by atoms with E-state index in [1.165, 1.54) is 10.6 Å². The van der Waals surface area contributed by atoms with Crippen LogP contribution in [0.4, 0.5) is 5.69 Å². The Morgan fingerprint density at radius 1 is 1.12 bits per heavy atom. The molecule has 1 aliphatic heterocycles. The zero-order valence-electron chi connectivity index (χ0n) is 15.6. The lowest BCUT2D eigenvalue weighted by Crippen LogP contribution is -2.37. The molecule has 0 aliphatic carbocycles. The number of carbonyl (C=O) groups is 2. The van der Waals surface area contributed by atoms with E-state index in [-0.39, 0.29) is 24.3 Å². The van der Waals surface area contributed by atoms with Crippen LogP contribution in [0.25, 0.3) is 0 Å². The Labute approximate surface area is 155 Å². The van der Waals surface area contributed by atoms with Crippen molar-refractivity contribution in [1.82, 2.24) is 9.21 Å². The minimum Gasteiger partial charge on any atom is -0.337 e. The molecule has 0 unspecified atom stereocenters. The molecule has 0 spiro atoms. The number of benzene rings is 1. The molecule has 1 N–H and O–H groups in total. The Bertz CT molecular complexity index is 761. The third-order valence-corrected chi connectivity index (χ3v) is 5.54. The van der Waals surface area contributed by atoms with E-state index in [2.05, 4.69) is 5.32 Å². The summed E-state index contributed by atoms with van der Waals surface area (Å²) < 4.78 is 24.8. The smallest absolute Gasteiger partial charge is 0.256 e. The van der Waals surface area contributed by atoms with Crippen LogP contribution in [0.5, 0.6) is 0 Å². The van der Waals surface area contributed by atoms with Crippen molar-refractivity contribution in [2.75, 3.05) is 37.8 Å². The number of rotatable bonds is 5. The van der Waals surface area contributed by atoms with E-state index in [9.17, 15) is 18.0 Å². The van der Waals surface area contributed by atoms with Gasteiger partial charge in [0.25, 0.3) is 5.91 Å². The summed E-state index contributed by atoms with van der Waals surface area (Å²) in [7, 11) is -3.26. The lowest BCUT2D eigenvalue weighted by Gasteiger charge is -2.22. The molecule has 1 heterocycles. The van der Waals surface area contributed by atoms with Gasteiger partial charge < -0.3 is 10.2 Å². The van der Waals surface area contributed by atoms with E-state index in [0.29, 0.717) is 43.7 Å². The SMILES string of the molecule is CC(C)CC(=O)Nc1ccccc1C(=O)N1CCCN(S(C)(=O)=O)CC1. The van der Waals surface area contributed by atoms with Crippen molar-refractivity contribution in [2.45, 2.75) is 26.7 Å². The van der Waals surface area contributed by atoms with Gasteiger partial charge in [0, 0.05) is 32.6 Å². The van der Waals surface area contributed by atoms with Gasteiger partial charge in [0.1, 0.15) is 0 Å². The first-order valence-electron chi connectivity index (χ1n) is 8.81. The molecule has 144 valence electrons. The van der Waals surface area contributed by atoms with Crippen molar-refractivity contribution < 1.29 is 18.0 Å². The van der Waals surface area contributed by atoms with Gasteiger partial charge in [-0.25, -0.2) is 12.7 Å². The number of hydrogen-bond acceptors (Lipinski definition) is 4. The van der Waals surface area contributed by atoms with Crippen LogP contribution in [0.3, 0.4) is 0 Å². The molecule has 1 aromatic carbocycles. The highest BCUT2D eigenvalue weighted by Gasteiger charge is 2.25. The van der Waals surface area contributed by atoms with Crippen LogP contribution in [-0.4, -0.2) is 61.9 Å². The van der Waals surface area contributed by atoms with E-state index in [1.807, 2.05) is 13.8 Å². The Balaban J connectivity index is 2.13. The fraction of sp³-hybridized carbons (Fsp3) is 0.556. The van der Waals surface area contributed by atoms with Gasteiger partial charge in [-0.2, -0.15) is 0 Å². The number of hydrogen-bond donors (Lipinski definition) is 1. The average Bonchev–Trinajstić information content (AvgIpc) is 2.79. The molecule has 2 amide bonds. The van der Waals surface area contributed by atoms with E-state index in [1.54, 1.807) is 29.2 Å². The van der Waals surface area contributed by atoms with Crippen LogP contribution in [0.1, 0.15) is 37.0 Å². The fourth-order valence-electron chi connectivity index (χ4n) is 2.95. The maximum absolute atomic E-state index is 12.9. The summed E-state index contributed by atoms with van der Waals surface area (Å²) >= 11 is 0. The molecule has 7 nitrogen and oxygen atoms in total. The minimum absolute atomic E-state index is 0.126. The zero-order valence-corrected chi connectivity index (χ0v) is 16.4. The summed E-state index contributed by atoms with van der Waals surface area (Å²) in [6, 6.07) is 6.93. The Kier molecular flexibility index (Phi) is 6.77. The third-order valence-electron chi connectivity index (χ3n) is 4.24. The molecular weight excluding hydrogens is 354 g/mol. The van der Waals surface area contributed by atoms with E-state index in [4.69, 9.17) is 0 Å². The third kappa shape index (κ3) is 5.54. The maximum atomic E-state index is 12.9. The number of nitrogens with zero attached hydrogens (tertiary/aromatic N) is 2. The number of sulfonamides is 1. The van der Waals surface area contributed by atoms with E-state index >= 15 is 0 Å². The zero-order chi connectivity index (χ0) is 19.3. The van der Waals surface area contributed by atoms with Crippen LogP contribution in [0.2, 0.25) is 0 Å². The van der Waals surface area contributed by atoms with Crippen molar-refractivity contribution in [3.63, 3.8) is 0 Å². The second kappa shape index (κ2) is 8.64. The molecule has 2 rings (SSSR count). The lowest BCUT2D eigenvalue weighted by atomic mass is 10.1. The van der Waals surface area contributed by atoms with Gasteiger partial charge in [-0.1, -0.05) is 26.0 Å². The summed E-state index contributed by atoms with van der Waals surface area (Å²) in [5.41, 5.74) is 0.921. The summed E-state index contributed by atoms with van der Waals surface area (Å²) in [5.74, 6) is -0.0920. The Hall–Kier alpha value is -1.93. The molecule has 0 aromatic heterocycles. The lowest BCUT2D eigenvalue weighted by molar-refractivity contribution is -0.116. The highest BCUT2D eigenvalue weighted by atomic mass is 32.2. The van der Waals surface area contributed by atoms with E-state index < -0.39 is 10.0 Å². The predicted octanol–water partition coefficient (Wildman–Crippen LogP) is 1.78. The number of amides is 2. The molecule has 0 atom stereocenters. The Morgan fingerprint density at radius 3 is 2.46 bits per heavy atom. The van der Waals surface area contributed by atoms with Crippen LogP contribution in [-0.2, 0) is 14.8 Å². The molecule has 0 saturated carbocycles. The van der Waals surface area contributed by atoms with Gasteiger partial charge in [0.15, 0.2) is 0 Å². The average molecular weight is 381 g/mol. The molecule has 1 aliphatic rings. The van der Waals surface area contributed by atoms with Crippen molar-refractivity contribution in [3.05, 3.63) is 29.8 Å². The second-order valence-electron chi connectivity index (χ2n) is 7.00. The number of carbonyl (C=O) groups excluding carboxylic acids is 2. The van der Waals surface area contributed by atoms with Crippen LogP contribution in [0.15, 0.2) is 24.3 Å². The standard InChI is InChI=1S/C18H27N3O4S/c1-14(2)13-17(22)19-16-8-5-4-7-15(16)18(23)20-9-6-10-21(12-11-20)26(3,24)25/h4-5,7-8,14H,6,9-13H2,1-3H3,(H,19,22). The van der Waals surface area contributed by atoms with Crippen LogP contribution in [0, 0.1) is 5.92 Å². The van der Waals surface area contributed by atoms with E-state index in [0.717, 1.165) is 0 Å². The van der Waals surface area contributed by atoms with Crippen molar-refractivity contribution >= 4 is 27.5 Å². The predicted molar refractivity (Wildman–Crippen MR) is 101 cm³/mol. The van der Waals surface area contributed by atoms with Crippen molar-refractivity contribution in [2.24, 2.45) is 5.92 Å². The highest BCUT2D eigenvalue weighted by Crippen LogP contribution is 2.19. The number of para-hydroxylation sites is 1. The summed E-state index contributed by atoms with van der Waals surface area (Å²) in [4.78, 5) is 26.7. The van der Waals surface area contributed by atoms with Gasteiger partial charge in [0.05, 0.1) is 17.5 Å². The Morgan fingerprint density at radius 2 is 1.81 bits per heavy atom. The molecule has 1 saturated heterocycles. The normalized spacial score (nSPS) is 16.4. The van der Waals surface area contributed by atoms with Crippen LogP contribution >= 0.6 is 0 Å². The molecule has 0 radical (unpaired) electrons. The van der Waals surface area contributed by atoms with Crippen molar-refractivity contribution in [3.8, 4) is 0 Å². The maximum Gasteiger partial charge on any atom is 0.256 e. The number of anilines is 1. The minimum atomic E-state index is -3.26. The monoisotopic (exact) mass is 381 g/mol. The number of nitrogens with one attached hydrogen (secondary N) is 1. The first-order chi connectivity index (χ1) is 12.2. The van der Waals surface area contributed by atoms with Gasteiger partial charge >= 0.3 is 0 Å². The van der Waals surface area contributed by atoms with Gasteiger partial charge in [0.2, 0.25) is 15.9 Å². The summed E-state index contributed by atoms with van der Waals surface area (Å²) in [6.07, 6.45) is 2.15. The fourth-order valence-corrected chi connectivity index (χ4v) is 3.82. The van der Waals surface area contributed by atoms with Crippen molar-refractivity contribution in [1.29, 1.82) is 0 Å². The second-order valence-corrected chi connectivity index (χ2v) is 8.98. The highest BCUT2D eigenvalue weighted by molar-refractivity contribution is 7.88.